The van der Waals surface area contributed by atoms with E-state index in [2.05, 4.69) is 69.9 Å². The first-order chi connectivity index (χ1) is 8.38. The molecule has 0 aromatic heterocycles. The van der Waals surface area contributed by atoms with E-state index in [4.69, 9.17) is 13.7 Å². The van der Waals surface area contributed by atoms with Crippen LogP contribution in [0.25, 0.3) is 10.8 Å². The number of hydrogen-bond acceptors (Lipinski definition) is 3. The summed E-state index contributed by atoms with van der Waals surface area (Å²) in [4.78, 5) is 0. The molecule has 0 radical (unpaired) electrons. The molecular formula is C12H11Cl2NO2S. The lowest BCUT2D eigenvalue weighted by molar-refractivity contribution is 0.621. The zero-order chi connectivity index (χ0) is 14.0. The molecule has 0 fully saturated rings. The number of rotatable bonds is 0. The van der Waals surface area contributed by atoms with Crippen LogP contribution in [-0.4, -0.2) is 8.42 Å². The van der Waals surface area contributed by atoms with Crippen LogP contribution in [0.4, 0.5) is 0 Å². The van der Waals surface area contributed by atoms with Crippen LogP contribution in [0, 0.1) is 11.3 Å². The van der Waals surface area contributed by atoms with Gasteiger partial charge in [-0.3, -0.25) is 0 Å². The molecular weight excluding hydrogens is 293 g/mol. The predicted octanol–water partition coefficient (Wildman–Crippen LogP) is 4.08. The van der Waals surface area contributed by atoms with Gasteiger partial charge in [-0.25, -0.2) is 0 Å². The minimum atomic E-state index is -3.72. The average molecular weight is 304 g/mol. The fourth-order valence-electron chi connectivity index (χ4n) is 1.13. The van der Waals surface area contributed by atoms with Crippen LogP contribution in [0.5, 0.6) is 0 Å². The molecule has 96 valence electrons. The smallest absolute Gasteiger partial charge is 0.199 e. The van der Waals surface area contributed by atoms with Gasteiger partial charge in [0.15, 0.2) is 0 Å². The highest BCUT2D eigenvalue weighted by Gasteiger charge is 1.88. The monoisotopic (exact) mass is 303 g/mol. The van der Waals surface area contributed by atoms with Gasteiger partial charge in [-0.05, 0) is 10.8 Å². The molecule has 0 amide bonds. The Bertz CT molecular complexity index is 548. The van der Waals surface area contributed by atoms with Gasteiger partial charge in [0.2, 0.25) is 0 Å². The highest BCUT2D eigenvalue weighted by Crippen LogP contribution is 2.11. The van der Waals surface area contributed by atoms with Crippen molar-refractivity contribution in [2.45, 2.75) is 6.92 Å². The molecule has 2 aromatic rings. The highest BCUT2D eigenvalue weighted by atomic mass is 36.0. The molecule has 2 aromatic carbocycles. The summed E-state index contributed by atoms with van der Waals surface area (Å²) in [6.07, 6.45) is 0. The number of benzene rings is 2. The van der Waals surface area contributed by atoms with Crippen molar-refractivity contribution in [1.29, 1.82) is 5.26 Å². The van der Waals surface area contributed by atoms with E-state index in [-0.39, 0.29) is 0 Å². The van der Waals surface area contributed by atoms with Gasteiger partial charge >= 0.3 is 8.26 Å². The van der Waals surface area contributed by atoms with E-state index in [1.807, 2.05) is 0 Å². The zero-order valence-corrected chi connectivity index (χ0v) is 11.9. The molecule has 0 N–H and O–H groups in total. The van der Waals surface area contributed by atoms with Crippen molar-refractivity contribution in [3.8, 4) is 6.07 Å². The summed E-state index contributed by atoms with van der Waals surface area (Å²) in [5.41, 5.74) is 0. The van der Waals surface area contributed by atoms with Crippen LogP contribution < -0.4 is 0 Å². The first-order valence-corrected chi connectivity index (χ1v) is 7.91. The lowest BCUT2D eigenvalue weighted by Gasteiger charge is -1.92. The second-order valence-electron chi connectivity index (χ2n) is 2.95. The van der Waals surface area contributed by atoms with Crippen molar-refractivity contribution in [3.05, 3.63) is 48.5 Å². The summed E-state index contributed by atoms with van der Waals surface area (Å²) < 4.78 is 18.3. The third-order valence-electron chi connectivity index (χ3n) is 1.66. The number of halogens is 2. The van der Waals surface area contributed by atoms with Gasteiger partial charge in [0.05, 0.1) is 6.07 Å². The van der Waals surface area contributed by atoms with Crippen LogP contribution in [-0.2, 0) is 8.26 Å². The Morgan fingerprint density at radius 2 is 1.11 bits per heavy atom. The Labute approximate surface area is 115 Å². The molecule has 0 aliphatic carbocycles. The lowest BCUT2D eigenvalue weighted by Crippen LogP contribution is -1.67. The van der Waals surface area contributed by atoms with E-state index < -0.39 is 8.26 Å². The van der Waals surface area contributed by atoms with Crippen molar-refractivity contribution < 1.29 is 8.42 Å². The molecule has 0 aliphatic heterocycles. The molecule has 2 rings (SSSR count). The van der Waals surface area contributed by atoms with Crippen molar-refractivity contribution in [1.82, 2.24) is 0 Å². The van der Waals surface area contributed by atoms with E-state index in [1.165, 1.54) is 17.7 Å². The number of hydrogen-bond donors (Lipinski definition) is 0. The van der Waals surface area contributed by atoms with E-state index >= 15 is 0 Å². The summed E-state index contributed by atoms with van der Waals surface area (Å²) in [7, 11) is 4.81. The molecule has 0 aliphatic rings. The maximum Gasteiger partial charge on any atom is 0.317 e. The van der Waals surface area contributed by atoms with Crippen LogP contribution >= 0.6 is 21.4 Å². The topological polar surface area (TPSA) is 57.9 Å². The minimum Gasteiger partial charge on any atom is -0.199 e. The Morgan fingerprint density at radius 1 is 0.944 bits per heavy atom. The van der Waals surface area contributed by atoms with Gasteiger partial charge in [-0.2, -0.15) is 13.7 Å². The number of nitrogens with zero attached hydrogens (tertiary/aromatic N) is 1. The molecule has 0 bridgehead atoms. The van der Waals surface area contributed by atoms with Crippen molar-refractivity contribution in [3.63, 3.8) is 0 Å². The summed E-state index contributed by atoms with van der Waals surface area (Å²) in [5.74, 6) is 0. The standard InChI is InChI=1S/C10H8.C2H3N.Cl2O2S/c1-2-6-10-8-4-3-7-9(10)5-1;1-2-3;1-5(2,3)4/h1-8H;1H3;. The molecule has 6 heteroatoms. The highest BCUT2D eigenvalue weighted by molar-refractivity contribution is 8.31. The van der Waals surface area contributed by atoms with Crippen LogP contribution in [0.2, 0.25) is 0 Å². The first kappa shape index (κ1) is 16.7. The molecule has 18 heavy (non-hydrogen) atoms. The average Bonchev–Trinajstić information content (AvgIpc) is 2.28. The van der Waals surface area contributed by atoms with Gasteiger partial charge in [-0.15, -0.1) is 0 Å². The van der Waals surface area contributed by atoms with Crippen LogP contribution in [0.3, 0.4) is 0 Å². The summed E-state index contributed by atoms with van der Waals surface area (Å²) in [5, 5.41) is 9.94. The van der Waals surface area contributed by atoms with Crippen molar-refractivity contribution in [2.75, 3.05) is 0 Å². The number of fused-ring (bicyclic) bond motifs is 1. The quantitative estimate of drug-likeness (QED) is 0.689. The molecule has 0 spiro atoms. The molecule has 0 heterocycles. The van der Waals surface area contributed by atoms with Gasteiger partial charge in [0.1, 0.15) is 0 Å². The van der Waals surface area contributed by atoms with Crippen molar-refractivity contribution in [2.24, 2.45) is 0 Å². The molecule has 0 unspecified atom stereocenters. The van der Waals surface area contributed by atoms with E-state index in [0.717, 1.165) is 0 Å². The van der Waals surface area contributed by atoms with E-state index in [1.54, 1.807) is 6.07 Å². The largest absolute Gasteiger partial charge is 0.317 e. The molecule has 0 atom stereocenters. The third kappa shape index (κ3) is 9.91. The number of nitriles is 1. The molecule has 3 nitrogen and oxygen atoms in total. The second kappa shape index (κ2) is 8.76. The molecule has 0 saturated heterocycles. The van der Waals surface area contributed by atoms with Crippen LogP contribution in [0.1, 0.15) is 6.92 Å². The maximum atomic E-state index is 9.16. The van der Waals surface area contributed by atoms with Gasteiger partial charge in [0, 0.05) is 28.3 Å². The fourth-order valence-corrected chi connectivity index (χ4v) is 1.13. The van der Waals surface area contributed by atoms with Gasteiger partial charge < -0.3 is 0 Å². The fraction of sp³-hybridized carbons (Fsp3) is 0.0833. The predicted molar refractivity (Wildman–Crippen MR) is 75.9 cm³/mol. The lowest BCUT2D eigenvalue weighted by atomic mass is 10.1. The zero-order valence-electron chi connectivity index (χ0n) is 9.55. The van der Waals surface area contributed by atoms with Gasteiger partial charge in [-0.1, -0.05) is 48.5 Å². The minimum absolute atomic E-state index is 1.31. The summed E-state index contributed by atoms with van der Waals surface area (Å²) in [6.45, 7) is 1.43. The maximum absolute atomic E-state index is 9.16. The first-order valence-electron chi connectivity index (χ1n) is 4.77. The van der Waals surface area contributed by atoms with E-state index in [0.29, 0.717) is 0 Å². The SMILES string of the molecule is CC#N.O=S(=O)(Cl)Cl.c1ccc2ccccc2c1. The Balaban J connectivity index is 0.000000309. The summed E-state index contributed by atoms with van der Waals surface area (Å²) >= 11 is 0. The van der Waals surface area contributed by atoms with Gasteiger partial charge in [0.25, 0.3) is 0 Å². The Hall–Kier alpha value is -1.28. The van der Waals surface area contributed by atoms with Crippen molar-refractivity contribution >= 4 is 40.4 Å². The van der Waals surface area contributed by atoms with E-state index in [9.17, 15) is 0 Å². The molecule has 0 saturated carbocycles. The normalized spacial score (nSPS) is 9.22. The Kier molecular flexibility index (Phi) is 8.14. The summed E-state index contributed by atoms with van der Waals surface area (Å²) in [6, 6.07) is 18.5. The Morgan fingerprint density at radius 3 is 1.28 bits per heavy atom. The van der Waals surface area contributed by atoms with Crippen LogP contribution in [0.15, 0.2) is 48.5 Å². The third-order valence-corrected chi connectivity index (χ3v) is 1.66. The second-order valence-corrected chi connectivity index (χ2v) is 6.62.